The molecule has 0 fully saturated rings. The van der Waals surface area contributed by atoms with Crippen LogP contribution in [0.3, 0.4) is 0 Å². The number of rotatable bonds is 4. The second-order valence-electron chi connectivity index (χ2n) is 5.13. The van der Waals surface area contributed by atoms with E-state index in [0.29, 0.717) is 11.1 Å². The van der Waals surface area contributed by atoms with E-state index < -0.39 is 16.0 Å². The Balaban J connectivity index is 2.53. The lowest BCUT2D eigenvalue weighted by atomic mass is 10.1. The molecule has 5 nitrogen and oxygen atoms in total. The van der Waals surface area contributed by atoms with E-state index in [1.165, 1.54) is 12.1 Å². The monoisotopic (exact) mass is 319 g/mol. The molecule has 2 N–H and O–H groups in total. The minimum absolute atomic E-state index is 0.0218. The lowest BCUT2D eigenvalue weighted by Gasteiger charge is -2.14. The first-order chi connectivity index (χ1) is 10.2. The van der Waals surface area contributed by atoms with Crippen LogP contribution in [0.15, 0.2) is 41.3 Å². The van der Waals surface area contributed by atoms with E-state index in [1.54, 1.807) is 38.1 Å². The zero-order valence-electron chi connectivity index (χ0n) is 12.6. The van der Waals surface area contributed by atoms with Crippen LogP contribution in [0.5, 0.6) is 5.75 Å². The average Bonchev–Trinajstić information content (AvgIpc) is 2.36. The molecule has 1 amide bonds. The Hall–Kier alpha value is -2.34. The molecule has 0 atom stereocenters. The van der Waals surface area contributed by atoms with Gasteiger partial charge >= 0.3 is 10.1 Å². The first kappa shape index (κ1) is 16.0. The molecule has 2 rings (SSSR count). The summed E-state index contributed by atoms with van der Waals surface area (Å²) in [5.41, 5.74) is 7.41. The van der Waals surface area contributed by atoms with E-state index in [2.05, 4.69) is 0 Å². The molecule has 22 heavy (non-hydrogen) atoms. The summed E-state index contributed by atoms with van der Waals surface area (Å²) in [4.78, 5) is 11.5. The molecule has 0 aromatic heterocycles. The van der Waals surface area contributed by atoms with Crippen LogP contribution in [-0.2, 0) is 10.1 Å². The minimum Gasteiger partial charge on any atom is -0.378 e. The highest BCUT2D eigenvalue weighted by Gasteiger charge is 2.24. The van der Waals surface area contributed by atoms with Gasteiger partial charge in [-0.05, 0) is 44.0 Å². The molecule has 0 saturated heterocycles. The summed E-state index contributed by atoms with van der Waals surface area (Å²) in [7, 11) is -4.06. The van der Waals surface area contributed by atoms with E-state index in [0.717, 1.165) is 5.56 Å². The third-order valence-electron chi connectivity index (χ3n) is 3.21. The Morgan fingerprint density at radius 2 is 1.59 bits per heavy atom. The zero-order valence-corrected chi connectivity index (χ0v) is 13.4. The molecular formula is C16H17NO4S. The molecule has 0 spiro atoms. The molecule has 0 unspecified atom stereocenters. The molecule has 2 aromatic rings. The average molecular weight is 319 g/mol. The van der Waals surface area contributed by atoms with Gasteiger partial charge in [0.1, 0.15) is 4.90 Å². The van der Waals surface area contributed by atoms with Crippen molar-refractivity contribution in [2.24, 2.45) is 5.73 Å². The van der Waals surface area contributed by atoms with Crippen molar-refractivity contribution in [1.82, 2.24) is 0 Å². The second kappa shape index (κ2) is 5.81. The van der Waals surface area contributed by atoms with Crippen LogP contribution in [0, 0.1) is 20.8 Å². The third-order valence-corrected chi connectivity index (χ3v) is 4.75. The highest BCUT2D eigenvalue weighted by atomic mass is 32.2. The Labute approximate surface area is 129 Å². The van der Waals surface area contributed by atoms with Crippen LogP contribution in [0.2, 0.25) is 0 Å². The first-order valence-electron chi connectivity index (χ1n) is 6.63. The number of amides is 1. The molecule has 0 aliphatic rings. The van der Waals surface area contributed by atoms with Gasteiger partial charge in [0, 0.05) is 0 Å². The van der Waals surface area contributed by atoms with E-state index in [1.807, 2.05) is 6.92 Å². The van der Waals surface area contributed by atoms with Gasteiger partial charge in [0.15, 0.2) is 5.75 Å². The fraction of sp³-hybridized carbons (Fsp3) is 0.188. The summed E-state index contributed by atoms with van der Waals surface area (Å²) >= 11 is 0. The van der Waals surface area contributed by atoms with Gasteiger partial charge in [-0.2, -0.15) is 8.42 Å². The van der Waals surface area contributed by atoms with Gasteiger partial charge in [0.2, 0.25) is 0 Å². The van der Waals surface area contributed by atoms with Crippen molar-refractivity contribution in [3.05, 3.63) is 58.7 Å². The molecule has 0 bridgehead atoms. The molecule has 0 aliphatic carbocycles. The van der Waals surface area contributed by atoms with Gasteiger partial charge in [-0.1, -0.05) is 29.8 Å². The molecule has 6 heteroatoms. The molecule has 0 heterocycles. The van der Waals surface area contributed by atoms with Gasteiger partial charge < -0.3 is 9.92 Å². The van der Waals surface area contributed by atoms with Crippen LogP contribution < -0.4 is 9.92 Å². The van der Waals surface area contributed by atoms with Gasteiger partial charge in [-0.15, -0.1) is 0 Å². The smallest absolute Gasteiger partial charge is 0.339 e. The topological polar surface area (TPSA) is 86.5 Å². The number of benzene rings is 2. The first-order valence-corrected chi connectivity index (χ1v) is 8.04. The number of nitrogens with two attached hydrogens (primary N) is 1. The molecule has 0 aliphatic heterocycles. The lowest BCUT2D eigenvalue weighted by molar-refractivity contribution is 0.0999. The number of hydrogen-bond acceptors (Lipinski definition) is 4. The summed E-state index contributed by atoms with van der Waals surface area (Å²) in [6, 6.07) is 9.51. The number of aryl methyl sites for hydroxylation is 3. The van der Waals surface area contributed by atoms with Crippen LogP contribution in [0.25, 0.3) is 0 Å². The van der Waals surface area contributed by atoms with Gasteiger partial charge in [-0.25, -0.2) is 0 Å². The predicted octanol–water partition coefficient (Wildman–Crippen LogP) is 2.48. The number of primary amides is 1. The Bertz CT molecular complexity index is 818. The van der Waals surface area contributed by atoms with Crippen molar-refractivity contribution in [2.45, 2.75) is 25.7 Å². The van der Waals surface area contributed by atoms with Gasteiger partial charge in [-0.3, -0.25) is 4.79 Å². The van der Waals surface area contributed by atoms with Crippen LogP contribution in [-0.4, -0.2) is 14.3 Å². The summed E-state index contributed by atoms with van der Waals surface area (Å²) in [5.74, 6) is -0.822. The van der Waals surface area contributed by atoms with Crippen molar-refractivity contribution in [3.8, 4) is 5.75 Å². The number of para-hydroxylation sites is 1. The predicted molar refractivity (Wildman–Crippen MR) is 83.4 cm³/mol. The quantitative estimate of drug-likeness (QED) is 0.877. The molecule has 0 radical (unpaired) electrons. The maximum absolute atomic E-state index is 12.6. The van der Waals surface area contributed by atoms with E-state index in [9.17, 15) is 13.2 Å². The minimum atomic E-state index is -4.06. The number of carbonyl (C=O) groups is 1. The van der Waals surface area contributed by atoms with Crippen molar-refractivity contribution in [2.75, 3.05) is 0 Å². The molecule has 2 aromatic carbocycles. The van der Waals surface area contributed by atoms with Gasteiger partial charge in [0.05, 0.1) is 5.56 Å². The fourth-order valence-corrected chi connectivity index (χ4v) is 3.84. The van der Waals surface area contributed by atoms with Crippen molar-refractivity contribution in [3.63, 3.8) is 0 Å². The molecule has 116 valence electrons. The maximum Gasteiger partial charge on any atom is 0.339 e. The van der Waals surface area contributed by atoms with E-state index in [4.69, 9.17) is 9.92 Å². The standard InChI is InChI=1S/C16H17NO4S/c1-10-8-11(2)15(12(3)9-10)22(19,20)21-14-7-5-4-6-13(14)16(17)18/h4-9H,1-3H3,(H2,17,18). The van der Waals surface area contributed by atoms with Gasteiger partial charge in [0.25, 0.3) is 5.91 Å². The third kappa shape index (κ3) is 3.12. The SMILES string of the molecule is Cc1cc(C)c(S(=O)(=O)Oc2ccccc2C(N)=O)c(C)c1. The molecule has 0 saturated carbocycles. The summed E-state index contributed by atoms with van der Waals surface area (Å²) in [6.45, 7) is 5.30. The van der Waals surface area contributed by atoms with Crippen molar-refractivity contribution < 1.29 is 17.4 Å². The number of carbonyl (C=O) groups excluding carboxylic acids is 1. The van der Waals surface area contributed by atoms with Crippen LogP contribution in [0.4, 0.5) is 0 Å². The fourth-order valence-electron chi connectivity index (χ4n) is 2.46. The summed E-state index contributed by atoms with van der Waals surface area (Å²) in [6.07, 6.45) is 0. The number of hydrogen-bond donors (Lipinski definition) is 1. The Kier molecular flexibility index (Phi) is 4.23. The van der Waals surface area contributed by atoms with Crippen LogP contribution in [0.1, 0.15) is 27.0 Å². The van der Waals surface area contributed by atoms with Crippen molar-refractivity contribution >= 4 is 16.0 Å². The van der Waals surface area contributed by atoms with Crippen LogP contribution >= 0.6 is 0 Å². The molecular weight excluding hydrogens is 302 g/mol. The summed E-state index contributed by atoms with van der Waals surface area (Å²) < 4.78 is 30.3. The Morgan fingerprint density at radius 1 is 1.05 bits per heavy atom. The second-order valence-corrected chi connectivity index (χ2v) is 6.61. The lowest BCUT2D eigenvalue weighted by Crippen LogP contribution is -2.17. The Morgan fingerprint density at radius 3 is 2.14 bits per heavy atom. The highest BCUT2D eigenvalue weighted by molar-refractivity contribution is 7.87. The van der Waals surface area contributed by atoms with E-state index >= 15 is 0 Å². The normalized spacial score (nSPS) is 11.2. The maximum atomic E-state index is 12.6. The van der Waals surface area contributed by atoms with E-state index in [-0.39, 0.29) is 16.2 Å². The van der Waals surface area contributed by atoms with Crippen molar-refractivity contribution in [1.29, 1.82) is 0 Å². The largest absolute Gasteiger partial charge is 0.378 e. The summed E-state index contributed by atoms with van der Waals surface area (Å²) in [5, 5.41) is 0. The zero-order chi connectivity index (χ0) is 16.5. The highest BCUT2D eigenvalue weighted by Crippen LogP contribution is 2.27.